The van der Waals surface area contributed by atoms with E-state index < -0.39 is 0 Å². The number of thioether (sulfide) groups is 1. The highest BCUT2D eigenvalue weighted by molar-refractivity contribution is 7.99. The zero-order valence-electron chi connectivity index (χ0n) is 11.3. The van der Waals surface area contributed by atoms with E-state index in [1.807, 2.05) is 36.9 Å². The molecule has 1 aliphatic rings. The Morgan fingerprint density at radius 2 is 2.00 bits per heavy atom. The Morgan fingerprint density at radius 3 is 2.67 bits per heavy atom. The van der Waals surface area contributed by atoms with E-state index in [1.54, 1.807) is 0 Å². The summed E-state index contributed by atoms with van der Waals surface area (Å²) in [5, 5.41) is 14.4. The van der Waals surface area contributed by atoms with E-state index in [2.05, 4.69) is 11.6 Å². The van der Waals surface area contributed by atoms with Crippen molar-refractivity contribution in [3.63, 3.8) is 0 Å². The Hall–Kier alpha value is -0.670. The standard InChI is InChI=1S/C15H23NOS/c1-11-4-3-5-12(15(11)17)10-16-13-6-8-14(18-2)9-7-13/h3-5,13-14,16-17H,6-10H2,1-2H3. The van der Waals surface area contributed by atoms with Gasteiger partial charge in [0.2, 0.25) is 0 Å². The van der Waals surface area contributed by atoms with Crippen molar-refractivity contribution in [2.45, 2.75) is 50.4 Å². The number of aromatic hydroxyl groups is 1. The minimum atomic E-state index is 0.447. The topological polar surface area (TPSA) is 32.3 Å². The minimum Gasteiger partial charge on any atom is -0.507 e. The van der Waals surface area contributed by atoms with Crippen LogP contribution in [0.3, 0.4) is 0 Å². The lowest BCUT2D eigenvalue weighted by Gasteiger charge is -2.28. The second-order valence-corrected chi connectivity index (χ2v) is 6.31. The second kappa shape index (κ2) is 6.48. The van der Waals surface area contributed by atoms with E-state index in [-0.39, 0.29) is 0 Å². The van der Waals surface area contributed by atoms with E-state index in [0.29, 0.717) is 11.8 Å². The number of phenolic OH excluding ortho intramolecular Hbond substituents is 1. The summed E-state index contributed by atoms with van der Waals surface area (Å²) in [6.45, 7) is 2.73. The number of hydrogen-bond acceptors (Lipinski definition) is 3. The highest BCUT2D eigenvalue weighted by atomic mass is 32.2. The number of rotatable bonds is 4. The first kappa shape index (κ1) is 13.8. The summed E-state index contributed by atoms with van der Waals surface area (Å²) in [7, 11) is 0. The fourth-order valence-electron chi connectivity index (χ4n) is 2.62. The Balaban J connectivity index is 1.83. The molecule has 1 fully saturated rings. The van der Waals surface area contributed by atoms with Gasteiger partial charge in [-0.05, 0) is 44.4 Å². The van der Waals surface area contributed by atoms with E-state index in [0.717, 1.165) is 22.9 Å². The fourth-order valence-corrected chi connectivity index (χ4v) is 3.36. The SMILES string of the molecule is CSC1CCC(NCc2cccc(C)c2O)CC1. The number of hydrogen-bond donors (Lipinski definition) is 2. The number of aryl methyl sites for hydroxylation is 1. The van der Waals surface area contributed by atoms with Crippen molar-refractivity contribution in [2.24, 2.45) is 0 Å². The molecule has 0 heterocycles. The summed E-state index contributed by atoms with van der Waals surface area (Å²) in [6, 6.07) is 6.58. The molecule has 1 saturated carbocycles. The summed E-state index contributed by atoms with van der Waals surface area (Å²) in [6.07, 6.45) is 7.37. The molecule has 2 N–H and O–H groups in total. The zero-order valence-corrected chi connectivity index (χ0v) is 12.1. The minimum absolute atomic E-state index is 0.447. The van der Waals surface area contributed by atoms with Gasteiger partial charge in [-0.1, -0.05) is 18.2 Å². The molecule has 0 bridgehead atoms. The van der Waals surface area contributed by atoms with Gasteiger partial charge in [-0.3, -0.25) is 0 Å². The van der Waals surface area contributed by atoms with Crippen LogP contribution in [0.4, 0.5) is 0 Å². The average Bonchev–Trinajstić information content (AvgIpc) is 2.41. The summed E-state index contributed by atoms with van der Waals surface area (Å²) in [4.78, 5) is 0. The van der Waals surface area contributed by atoms with Crippen LogP contribution in [0, 0.1) is 6.92 Å². The van der Waals surface area contributed by atoms with Crippen LogP contribution in [0.2, 0.25) is 0 Å². The van der Waals surface area contributed by atoms with Gasteiger partial charge in [0.05, 0.1) is 0 Å². The zero-order chi connectivity index (χ0) is 13.0. The second-order valence-electron chi connectivity index (χ2n) is 5.17. The normalized spacial score (nSPS) is 24.1. The largest absolute Gasteiger partial charge is 0.507 e. The van der Waals surface area contributed by atoms with E-state index in [1.165, 1.54) is 25.7 Å². The third kappa shape index (κ3) is 3.42. The van der Waals surface area contributed by atoms with Gasteiger partial charge < -0.3 is 10.4 Å². The van der Waals surface area contributed by atoms with Gasteiger partial charge in [0, 0.05) is 23.4 Å². The molecule has 0 unspecified atom stereocenters. The molecule has 2 nitrogen and oxygen atoms in total. The van der Waals surface area contributed by atoms with Crippen LogP contribution in [0.5, 0.6) is 5.75 Å². The van der Waals surface area contributed by atoms with E-state index in [9.17, 15) is 5.11 Å². The molecule has 0 saturated heterocycles. The first-order chi connectivity index (χ1) is 8.70. The van der Waals surface area contributed by atoms with Gasteiger partial charge in [-0.25, -0.2) is 0 Å². The van der Waals surface area contributed by atoms with Crippen molar-refractivity contribution in [2.75, 3.05) is 6.26 Å². The predicted molar refractivity (Wildman–Crippen MR) is 79.2 cm³/mol. The Bertz CT molecular complexity index is 386. The molecule has 3 heteroatoms. The molecule has 0 amide bonds. The van der Waals surface area contributed by atoms with Crippen molar-refractivity contribution in [3.05, 3.63) is 29.3 Å². The highest BCUT2D eigenvalue weighted by Gasteiger charge is 2.20. The Kier molecular flexibility index (Phi) is 4.95. The lowest BCUT2D eigenvalue weighted by Crippen LogP contribution is -2.33. The van der Waals surface area contributed by atoms with Crippen LogP contribution in [0.1, 0.15) is 36.8 Å². The monoisotopic (exact) mass is 265 g/mol. The van der Waals surface area contributed by atoms with Crippen molar-refractivity contribution in [1.82, 2.24) is 5.32 Å². The Labute approximate surface area is 114 Å². The van der Waals surface area contributed by atoms with Crippen molar-refractivity contribution in [1.29, 1.82) is 0 Å². The smallest absolute Gasteiger partial charge is 0.122 e. The molecule has 1 aromatic rings. The fraction of sp³-hybridized carbons (Fsp3) is 0.600. The molecule has 0 aliphatic heterocycles. The molecule has 2 rings (SSSR count). The van der Waals surface area contributed by atoms with Gasteiger partial charge in [-0.15, -0.1) is 0 Å². The lowest BCUT2D eigenvalue weighted by atomic mass is 9.94. The maximum absolute atomic E-state index is 9.96. The van der Waals surface area contributed by atoms with Crippen LogP contribution in [0.25, 0.3) is 0 Å². The molecule has 100 valence electrons. The third-order valence-electron chi connectivity index (χ3n) is 3.91. The molecule has 0 atom stereocenters. The molecular formula is C15H23NOS. The first-order valence-corrected chi connectivity index (χ1v) is 8.03. The molecule has 0 radical (unpaired) electrons. The summed E-state index contributed by atoms with van der Waals surface area (Å²) in [5.41, 5.74) is 1.97. The Morgan fingerprint density at radius 1 is 1.28 bits per heavy atom. The lowest BCUT2D eigenvalue weighted by molar-refractivity contribution is 0.374. The maximum atomic E-state index is 9.96. The molecule has 18 heavy (non-hydrogen) atoms. The van der Waals surface area contributed by atoms with Crippen LogP contribution in [-0.4, -0.2) is 22.7 Å². The van der Waals surface area contributed by atoms with Gasteiger partial charge in [0.25, 0.3) is 0 Å². The van der Waals surface area contributed by atoms with Crippen LogP contribution in [0.15, 0.2) is 18.2 Å². The van der Waals surface area contributed by atoms with Crippen molar-refractivity contribution in [3.8, 4) is 5.75 Å². The molecular weight excluding hydrogens is 242 g/mol. The van der Waals surface area contributed by atoms with Crippen molar-refractivity contribution < 1.29 is 5.11 Å². The highest BCUT2D eigenvalue weighted by Crippen LogP contribution is 2.27. The molecule has 1 aromatic carbocycles. The van der Waals surface area contributed by atoms with Crippen LogP contribution < -0.4 is 5.32 Å². The van der Waals surface area contributed by atoms with E-state index in [4.69, 9.17) is 0 Å². The van der Waals surface area contributed by atoms with Crippen LogP contribution in [-0.2, 0) is 6.54 Å². The predicted octanol–water partition coefficient (Wildman–Crippen LogP) is 3.46. The van der Waals surface area contributed by atoms with Gasteiger partial charge >= 0.3 is 0 Å². The van der Waals surface area contributed by atoms with Crippen LogP contribution >= 0.6 is 11.8 Å². The van der Waals surface area contributed by atoms with Gasteiger partial charge in [0.15, 0.2) is 0 Å². The van der Waals surface area contributed by atoms with E-state index >= 15 is 0 Å². The number of para-hydroxylation sites is 1. The summed E-state index contributed by atoms with van der Waals surface area (Å²) < 4.78 is 0. The molecule has 0 aromatic heterocycles. The van der Waals surface area contributed by atoms with Gasteiger partial charge in [0.1, 0.15) is 5.75 Å². The van der Waals surface area contributed by atoms with Crippen molar-refractivity contribution >= 4 is 11.8 Å². The molecule has 0 spiro atoms. The number of benzene rings is 1. The number of nitrogens with one attached hydrogen (secondary N) is 1. The maximum Gasteiger partial charge on any atom is 0.122 e. The quantitative estimate of drug-likeness (QED) is 0.874. The number of phenols is 1. The average molecular weight is 265 g/mol. The first-order valence-electron chi connectivity index (χ1n) is 6.74. The summed E-state index contributed by atoms with van der Waals surface area (Å²) in [5.74, 6) is 0.447. The van der Waals surface area contributed by atoms with Gasteiger partial charge in [-0.2, -0.15) is 11.8 Å². The molecule has 1 aliphatic carbocycles. The summed E-state index contributed by atoms with van der Waals surface area (Å²) >= 11 is 2.00. The third-order valence-corrected chi connectivity index (χ3v) is 5.05.